The van der Waals surface area contributed by atoms with Gasteiger partial charge in [0, 0.05) is 16.2 Å². The highest BCUT2D eigenvalue weighted by atomic mass is 32.2. The number of fused-ring (bicyclic) bond motifs is 1. The smallest absolute Gasteiger partial charge is 0.353 e. The minimum Gasteiger partial charge on any atom is -0.477 e. The summed E-state index contributed by atoms with van der Waals surface area (Å²) in [6, 6.07) is 12.3. The van der Waals surface area contributed by atoms with Crippen molar-refractivity contribution in [2.45, 2.75) is 17.8 Å². The van der Waals surface area contributed by atoms with E-state index in [1.165, 1.54) is 28.0 Å². The van der Waals surface area contributed by atoms with Crippen LogP contribution in [0.2, 0.25) is 0 Å². The molecule has 1 fully saturated rings. The van der Waals surface area contributed by atoms with E-state index in [0.717, 1.165) is 10.4 Å². The summed E-state index contributed by atoms with van der Waals surface area (Å²) < 4.78 is 5.83. The van der Waals surface area contributed by atoms with Crippen LogP contribution >= 0.6 is 23.1 Å². The molecule has 2 amide bonds. The molecule has 8 nitrogen and oxygen atoms in total. The van der Waals surface area contributed by atoms with E-state index >= 15 is 0 Å². The van der Waals surface area contributed by atoms with Gasteiger partial charge in [0.15, 0.2) is 5.76 Å². The second kappa shape index (κ2) is 8.29. The number of carbonyl (C=O) groups excluding carboxylic acids is 2. The Morgan fingerprint density at radius 1 is 1.22 bits per heavy atom. The maximum atomic E-state index is 12.8. The van der Waals surface area contributed by atoms with Crippen LogP contribution in [0.4, 0.5) is 0 Å². The third-order valence-corrected chi connectivity index (χ3v) is 7.38. The van der Waals surface area contributed by atoms with Crippen LogP contribution in [0.25, 0.3) is 16.9 Å². The van der Waals surface area contributed by atoms with Crippen molar-refractivity contribution >= 4 is 46.5 Å². The number of oxazole rings is 1. The van der Waals surface area contributed by atoms with Gasteiger partial charge in [-0.1, -0.05) is 36.4 Å². The van der Waals surface area contributed by atoms with Gasteiger partial charge in [0.25, 0.3) is 5.91 Å². The minimum atomic E-state index is -1.23. The van der Waals surface area contributed by atoms with Crippen molar-refractivity contribution in [2.24, 2.45) is 0 Å². The lowest BCUT2D eigenvalue weighted by Gasteiger charge is -2.49. The Hall–Kier alpha value is -3.37. The fourth-order valence-electron chi connectivity index (χ4n) is 3.73. The molecule has 0 radical (unpaired) electrons. The number of carbonyl (C=O) groups is 3. The van der Waals surface area contributed by atoms with Crippen molar-refractivity contribution < 1.29 is 23.9 Å². The molecule has 0 unspecified atom stereocenters. The second-order valence-electron chi connectivity index (χ2n) is 7.24. The van der Waals surface area contributed by atoms with Gasteiger partial charge in [-0.25, -0.2) is 9.78 Å². The summed E-state index contributed by atoms with van der Waals surface area (Å²) in [5.74, 6) is -0.975. The van der Waals surface area contributed by atoms with E-state index in [-0.39, 0.29) is 23.9 Å². The highest BCUT2D eigenvalue weighted by Gasteiger charge is 2.54. The van der Waals surface area contributed by atoms with E-state index in [2.05, 4.69) is 10.3 Å². The number of thiophene rings is 1. The predicted octanol–water partition coefficient (Wildman–Crippen LogP) is 2.84. The normalized spacial score (nSPS) is 20.0. The lowest BCUT2D eigenvalue weighted by molar-refractivity contribution is -0.150. The number of thioether (sulfide) groups is 1. The molecular formula is C22H17N3O5S2. The maximum absolute atomic E-state index is 12.8. The molecule has 0 bridgehead atoms. The first kappa shape index (κ1) is 20.5. The molecule has 1 saturated heterocycles. The summed E-state index contributed by atoms with van der Waals surface area (Å²) in [4.78, 5) is 43.6. The summed E-state index contributed by atoms with van der Waals surface area (Å²) in [7, 11) is 0. The van der Waals surface area contributed by atoms with E-state index in [0.29, 0.717) is 17.1 Å². The molecular weight excluding hydrogens is 450 g/mol. The van der Waals surface area contributed by atoms with E-state index in [9.17, 15) is 19.5 Å². The number of amides is 2. The standard InChI is InChI=1S/C22H17N3O5S2/c26-16(9-13-7-4-8-31-13)24-17-20(27)25-18(22(28)29)14(11-32-21(17)25)19-23-10-15(30-19)12-5-2-1-3-6-12/h1-8,10,17,21H,9,11H2,(H,24,26)(H,28,29)/t17-,21+/m1/s1. The zero-order chi connectivity index (χ0) is 22.2. The molecule has 4 heterocycles. The van der Waals surface area contributed by atoms with Crippen LogP contribution in [0.3, 0.4) is 0 Å². The average molecular weight is 468 g/mol. The molecule has 32 heavy (non-hydrogen) atoms. The number of carboxylic acids is 1. The summed E-state index contributed by atoms with van der Waals surface area (Å²) >= 11 is 2.84. The molecule has 2 atom stereocenters. The molecule has 0 spiro atoms. The van der Waals surface area contributed by atoms with Crippen LogP contribution in [0.5, 0.6) is 0 Å². The first-order chi connectivity index (χ1) is 15.5. The molecule has 3 aromatic rings. The largest absolute Gasteiger partial charge is 0.477 e. The SMILES string of the molecule is O=C(Cc1cccs1)N[C@@H]1C(=O)N2C(C(=O)O)=C(c3ncc(-c4ccccc4)o3)CS[C@@H]12. The molecule has 10 heteroatoms. The number of hydrogen-bond donors (Lipinski definition) is 2. The molecule has 0 aliphatic carbocycles. The van der Waals surface area contributed by atoms with Crippen molar-refractivity contribution in [3.8, 4) is 11.3 Å². The highest BCUT2D eigenvalue weighted by molar-refractivity contribution is 8.00. The van der Waals surface area contributed by atoms with Crippen LogP contribution in [0.1, 0.15) is 10.8 Å². The number of nitrogens with one attached hydrogen (secondary N) is 1. The van der Waals surface area contributed by atoms with Gasteiger partial charge in [-0.15, -0.1) is 23.1 Å². The molecule has 2 aliphatic rings. The Bertz CT molecular complexity index is 1220. The molecule has 5 rings (SSSR count). The topological polar surface area (TPSA) is 113 Å². The van der Waals surface area contributed by atoms with E-state index in [1.54, 1.807) is 6.20 Å². The van der Waals surface area contributed by atoms with E-state index in [1.807, 2.05) is 47.8 Å². The Kier molecular flexibility index (Phi) is 5.32. The predicted molar refractivity (Wildman–Crippen MR) is 120 cm³/mol. The van der Waals surface area contributed by atoms with Gasteiger partial charge in [0.2, 0.25) is 11.8 Å². The van der Waals surface area contributed by atoms with Crippen LogP contribution in [0, 0.1) is 0 Å². The first-order valence-corrected chi connectivity index (χ1v) is 11.7. The third-order valence-electron chi connectivity index (χ3n) is 5.22. The number of benzene rings is 1. The monoisotopic (exact) mass is 467 g/mol. The van der Waals surface area contributed by atoms with Crippen LogP contribution < -0.4 is 5.32 Å². The molecule has 2 N–H and O–H groups in total. The molecule has 0 saturated carbocycles. The number of carboxylic acid groups (broad SMARTS) is 1. The number of aromatic nitrogens is 1. The molecule has 162 valence electrons. The fourth-order valence-corrected chi connectivity index (χ4v) is 5.76. The Labute approximate surface area is 190 Å². The van der Waals surface area contributed by atoms with Crippen molar-refractivity contribution in [1.82, 2.24) is 15.2 Å². The number of hydrogen-bond acceptors (Lipinski definition) is 7. The van der Waals surface area contributed by atoms with Crippen molar-refractivity contribution in [3.05, 3.63) is 70.5 Å². The van der Waals surface area contributed by atoms with Crippen LogP contribution in [-0.2, 0) is 20.8 Å². The lowest BCUT2D eigenvalue weighted by Crippen LogP contribution is -2.70. The van der Waals surface area contributed by atoms with E-state index in [4.69, 9.17) is 4.42 Å². The van der Waals surface area contributed by atoms with Gasteiger partial charge >= 0.3 is 5.97 Å². The van der Waals surface area contributed by atoms with Crippen LogP contribution in [0.15, 0.2) is 64.2 Å². The van der Waals surface area contributed by atoms with Gasteiger partial charge in [-0.3, -0.25) is 14.5 Å². The number of aliphatic carboxylic acids is 1. The van der Waals surface area contributed by atoms with Gasteiger partial charge in [0.05, 0.1) is 18.2 Å². The third kappa shape index (κ3) is 3.61. The minimum absolute atomic E-state index is 0.149. The molecule has 1 aromatic carbocycles. The zero-order valence-corrected chi connectivity index (χ0v) is 18.2. The average Bonchev–Trinajstić information content (AvgIpc) is 3.49. The summed E-state index contributed by atoms with van der Waals surface area (Å²) in [5, 5.41) is 14.0. The maximum Gasteiger partial charge on any atom is 0.353 e. The Balaban J connectivity index is 1.37. The van der Waals surface area contributed by atoms with Crippen molar-refractivity contribution in [2.75, 3.05) is 5.75 Å². The summed E-state index contributed by atoms with van der Waals surface area (Å²) in [5.41, 5.74) is 1.01. The van der Waals surface area contributed by atoms with Crippen molar-refractivity contribution in [1.29, 1.82) is 0 Å². The zero-order valence-electron chi connectivity index (χ0n) is 16.6. The van der Waals surface area contributed by atoms with Crippen LogP contribution in [-0.4, -0.2) is 49.9 Å². The quantitative estimate of drug-likeness (QED) is 0.536. The summed E-state index contributed by atoms with van der Waals surface area (Å²) in [6.45, 7) is 0. The fraction of sp³-hybridized carbons (Fsp3) is 0.182. The van der Waals surface area contributed by atoms with E-state index < -0.39 is 23.3 Å². The number of β-lactam (4-membered cyclic amide) rings is 1. The summed E-state index contributed by atoms with van der Waals surface area (Å²) in [6.07, 6.45) is 1.73. The Morgan fingerprint density at radius 2 is 2.03 bits per heavy atom. The highest BCUT2D eigenvalue weighted by Crippen LogP contribution is 2.43. The van der Waals surface area contributed by atoms with Gasteiger partial charge < -0.3 is 14.8 Å². The Morgan fingerprint density at radius 3 is 2.75 bits per heavy atom. The lowest BCUT2D eigenvalue weighted by atomic mass is 10.0. The number of rotatable bonds is 6. The van der Waals surface area contributed by atoms with Gasteiger partial charge in [0.1, 0.15) is 17.1 Å². The number of nitrogens with zero attached hydrogens (tertiary/aromatic N) is 2. The first-order valence-electron chi connectivity index (χ1n) is 9.77. The van der Waals surface area contributed by atoms with Gasteiger partial charge in [-0.2, -0.15) is 0 Å². The van der Waals surface area contributed by atoms with Crippen molar-refractivity contribution in [3.63, 3.8) is 0 Å². The molecule has 2 aliphatic heterocycles. The second-order valence-corrected chi connectivity index (χ2v) is 9.38. The van der Waals surface area contributed by atoms with Gasteiger partial charge in [-0.05, 0) is 11.4 Å². The molecule has 2 aromatic heterocycles.